The number of benzene rings is 1. The number of amides is 1. The molecule has 19 heavy (non-hydrogen) atoms. The van der Waals surface area contributed by atoms with Crippen LogP contribution in [0.1, 0.15) is 48.5 Å². The molecule has 102 valence electrons. The van der Waals surface area contributed by atoms with Gasteiger partial charge in [0, 0.05) is 5.71 Å². The number of aryl methyl sites for hydroxylation is 1. The van der Waals surface area contributed by atoms with Crippen LogP contribution in [0.25, 0.3) is 0 Å². The predicted molar refractivity (Wildman–Crippen MR) is 75.4 cm³/mol. The van der Waals surface area contributed by atoms with Gasteiger partial charge in [-0.1, -0.05) is 19.1 Å². The molecule has 0 heterocycles. The molecule has 1 aliphatic carbocycles. The van der Waals surface area contributed by atoms with Gasteiger partial charge in [-0.05, 0) is 50.2 Å². The van der Waals surface area contributed by atoms with Crippen molar-refractivity contribution in [3.05, 3.63) is 29.3 Å². The van der Waals surface area contributed by atoms with E-state index in [-0.39, 0.29) is 17.2 Å². The predicted octanol–water partition coefficient (Wildman–Crippen LogP) is 3.00. The highest BCUT2D eigenvalue weighted by molar-refractivity contribution is 5.98. The molecule has 0 saturated heterocycles. The van der Waals surface area contributed by atoms with E-state index in [4.69, 9.17) is 0 Å². The molecule has 0 bridgehead atoms. The smallest absolute Gasteiger partial charge is 0.275 e. The van der Waals surface area contributed by atoms with Crippen LogP contribution in [0.3, 0.4) is 0 Å². The number of rotatable bonds is 2. The van der Waals surface area contributed by atoms with Crippen molar-refractivity contribution in [3.8, 4) is 5.75 Å². The summed E-state index contributed by atoms with van der Waals surface area (Å²) in [4.78, 5) is 11.9. The topological polar surface area (TPSA) is 61.7 Å². The van der Waals surface area contributed by atoms with Crippen LogP contribution in [-0.2, 0) is 0 Å². The molecule has 0 aromatic heterocycles. The van der Waals surface area contributed by atoms with Gasteiger partial charge in [0.1, 0.15) is 5.75 Å². The van der Waals surface area contributed by atoms with Gasteiger partial charge in [-0.2, -0.15) is 5.10 Å². The number of phenolic OH excluding ortho intramolecular Hbond substituents is 1. The number of hydrogen-bond acceptors (Lipinski definition) is 3. The normalized spacial score (nSPS) is 19.1. The number of carbonyl (C=O) groups excluding carboxylic acids is 1. The zero-order chi connectivity index (χ0) is 13.8. The molecule has 2 rings (SSSR count). The molecule has 0 spiro atoms. The SMILES string of the molecule is Cc1cccc(C(=O)NN=C2CCC(C)CC2)c1O. The maximum atomic E-state index is 11.9. The highest BCUT2D eigenvalue weighted by atomic mass is 16.3. The van der Waals surface area contributed by atoms with E-state index in [2.05, 4.69) is 17.5 Å². The van der Waals surface area contributed by atoms with E-state index in [0.29, 0.717) is 5.56 Å². The molecule has 0 aliphatic heterocycles. The van der Waals surface area contributed by atoms with Crippen molar-refractivity contribution in [2.75, 3.05) is 0 Å². The summed E-state index contributed by atoms with van der Waals surface area (Å²) in [6, 6.07) is 5.11. The van der Waals surface area contributed by atoms with Gasteiger partial charge in [-0.25, -0.2) is 5.43 Å². The van der Waals surface area contributed by atoms with Gasteiger partial charge in [-0.15, -0.1) is 0 Å². The van der Waals surface area contributed by atoms with Gasteiger partial charge in [-0.3, -0.25) is 4.79 Å². The van der Waals surface area contributed by atoms with E-state index < -0.39 is 0 Å². The summed E-state index contributed by atoms with van der Waals surface area (Å²) in [5.41, 5.74) is 4.54. The summed E-state index contributed by atoms with van der Waals surface area (Å²) < 4.78 is 0. The molecule has 4 nitrogen and oxygen atoms in total. The van der Waals surface area contributed by atoms with Crippen molar-refractivity contribution >= 4 is 11.6 Å². The van der Waals surface area contributed by atoms with Crippen molar-refractivity contribution in [1.29, 1.82) is 0 Å². The second-order valence-corrected chi connectivity index (χ2v) is 5.27. The zero-order valence-corrected chi connectivity index (χ0v) is 11.4. The van der Waals surface area contributed by atoms with Crippen molar-refractivity contribution in [2.45, 2.75) is 39.5 Å². The Morgan fingerprint density at radius 1 is 1.37 bits per heavy atom. The van der Waals surface area contributed by atoms with Gasteiger partial charge in [0.25, 0.3) is 5.91 Å². The second-order valence-electron chi connectivity index (χ2n) is 5.27. The van der Waals surface area contributed by atoms with E-state index in [9.17, 15) is 9.90 Å². The maximum Gasteiger partial charge on any atom is 0.275 e. The average Bonchev–Trinajstić information content (AvgIpc) is 2.41. The molecule has 2 N–H and O–H groups in total. The molecule has 1 fully saturated rings. The molecule has 1 saturated carbocycles. The molecule has 1 aromatic rings. The first-order chi connectivity index (χ1) is 9.08. The minimum absolute atomic E-state index is 0.0254. The van der Waals surface area contributed by atoms with Crippen molar-refractivity contribution in [1.82, 2.24) is 5.43 Å². The summed E-state index contributed by atoms with van der Waals surface area (Å²) in [6.45, 7) is 4.00. The summed E-state index contributed by atoms with van der Waals surface area (Å²) >= 11 is 0. The van der Waals surface area contributed by atoms with Crippen LogP contribution in [0.15, 0.2) is 23.3 Å². The van der Waals surface area contributed by atoms with E-state index >= 15 is 0 Å². The zero-order valence-electron chi connectivity index (χ0n) is 11.4. The fourth-order valence-electron chi connectivity index (χ4n) is 2.24. The Bertz CT molecular complexity index is 499. The summed E-state index contributed by atoms with van der Waals surface area (Å²) in [5, 5.41) is 14.0. The number of nitrogens with zero attached hydrogens (tertiary/aromatic N) is 1. The van der Waals surface area contributed by atoms with Gasteiger partial charge < -0.3 is 5.11 Å². The summed E-state index contributed by atoms with van der Waals surface area (Å²) in [5.74, 6) is 0.417. The fraction of sp³-hybridized carbons (Fsp3) is 0.467. The molecule has 0 unspecified atom stereocenters. The standard InChI is InChI=1S/C15H20N2O2/c1-10-6-8-12(9-7-10)16-17-15(19)13-5-3-4-11(2)14(13)18/h3-5,10,18H,6-9H2,1-2H3,(H,17,19). The molecule has 0 radical (unpaired) electrons. The molecule has 1 aromatic carbocycles. The number of hydrogen-bond donors (Lipinski definition) is 2. The van der Waals surface area contributed by atoms with E-state index in [1.807, 2.05) is 0 Å². The number of hydrazone groups is 1. The lowest BCUT2D eigenvalue weighted by molar-refractivity contribution is 0.0951. The minimum atomic E-state index is -0.354. The van der Waals surface area contributed by atoms with Crippen LogP contribution in [0.2, 0.25) is 0 Å². The van der Waals surface area contributed by atoms with Crippen molar-refractivity contribution in [2.24, 2.45) is 11.0 Å². The lowest BCUT2D eigenvalue weighted by atomic mass is 9.90. The molecule has 1 amide bonds. The van der Waals surface area contributed by atoms with E-state index in [0.717, 1.165) is 37.3 Å². The van der Waals surface area contributed by atoms with Crippen LogP contribution in [0.5, 0.6) is 5.75 Å². The molecular formula is C15H20N2O2. The Morgan fingerprint density at radius 2 is 2.05 bits per heavy atom. The minimum Gasteiger partial charge on any atom is -0.507 e. The number of carbonyl (C=O) groups is 1. The van der Waals surface area contributed by atoms with Crippen LogP contribution < -0.4 is 5.43 Å². The van der Waals surface area contributed by atoms with Crippen molar-refractivity contribution in [3.63, 3.8) is 0 Å². The highest BCUT2D eigenvalue weighted by Gasteiger charge is 2.15. The lowest BCUT2D eigenvalue weighted by Gasteiger charge is -2.18. The van der Waals surface area contributed by atoms with Gasteiger partial charge in [0.2, 0.25) is 0 Å². The fourth-order valence-corrected chi connectivity index (χ4v) is 2.24. The van der Waals surface area contributed by atoms with E-state index in [1.165, 1.54) is 0 Å². The largest absolute Gasteiger partial charge is 0.507 e. The van der Waals surface area contributed by atoms with Crippen LogP contribution in [0.4, 0.5) is 0 Å². The Morgan fingerprint density at radius 3 is 2.74 bits per heavy atom. The molecule has 0 atom stereocenters. The summed E-state index contributed by atoms with van der Waals surface area (Å²) in [7, 11) is 0. The monoisotopic (exact) mass is 260 g/mol. The first kappa shape index (κ1) is 13.6. The highest BCUT2D eigenvalue weighted by Crippen LogP contribution is 2.22. The third-order valence-corrected chi connectivity index (χ3v) is 3.65. The number of phenols is 1. The van der Waals surface area contributed by atoms with Gasteiger partial charge in [0.05, 0.1) is 5.56 Å². The first-order valence-corrected chi connectivity index (χ1v) is 6.72. The Balaban J connectivity index is 2.02. The van der Waals surface area contributed by atoms with Crippen molar-refractivity contribution < 1.29 is 9.90 Å². The molecule has 4 heteroatoms. The summed E-state index contributed by atoms with van der Waals surface area (Å²) in [6.07, 6.45) is 4.15. The Labute approximate surface area is 113 Å². The first-order valence-electron chi connectivity index (χ1n) is 6.72. The van der Waals surface area contributed by atoms with Crippen LogP contribution >= 0.6 is 0 Å². The quantitative estimate of drug-likeness (QED) is 0.803. The lowest BCUT2D eigenvalue weighted by Crippen LogP contribution is -2.22. The number of nitrogens with one attached hydrogen (secondary N) is 1. The second kappa shape index (κ2) is 5.87. The number of para-hydroxylation sites is 1. The van der Waals surface area contributed by atoms with Gasteiger partial charge in [0.15, 0.2) is 0 Å². The Kier molecular flexibility index (Phi) is 4.20. The number of aromatic hydroxyl groups is 1. The van der Waals surface area contributed by atoms with E-state index in [1.54, 1.807) is 25.1 Å². The molecule has 1 aliphatic rings. The van der Waals surface area contributed by atoms with Gasteiger partial charge >= 0.3 is 0 Å². The average molecular weight is 260 g/mol. The molecular weight excluding hydrogens is 240 g/mol. The van der Waals surface area contributed by atoms with Crippen LogP contribution in [0, 0.1) is 12.8 Å². The van der Waals surface area contributed by atoms with Crippen LogP contribution in [-0.4, -0.2) is 16.7 Å². The third-order valence-electron chi connectivity index (χ3n) is 3.65. The maximum absolute atomic E-state index is 11.9. The third kappa shape index (κ3) is 3.34. The Hall–Kier alpha value is -1.84.